The number of hydrogen-bond donors (Lipinski definition) is 2. The van der Waals surface area contributed by atoms with Gasteiger partial charge >= 0.3 is 0 Å². The molecule has 0 fully saturated rings. The van der Waals surface area contributed by atoms with Crippen LogP contribution in [0.5, 0.6) is 5.75 Å². The van der Waals surface area contributed by atoms with E-state index in [0.29, 0.717) is 13.0 Å². The van der Waals surface area contributed by atoms with Gasteiger partial charge in [-0.1, -0.05) is 39.0 Å². The van der Waals surface area contributed by atoms with Crippen LogP contribution in [0.4, 0.5) is 0 Å². The van der Waals surface area contributed by atoms with Crippen molar-refractivity contribution >= 4 is 5.91 Å². The van der Waals surface area contributed by atoms with Gasteiger partial charge in [-0.2, -0.15) is 0 Å². The van der Waals surface area contributed by atoms with Gasteiger partial charge in [0.2, 0.25) is 5.91 Å². The second-order valence-electron chi connectivity index (χ2n) is 5.63. The molecule has 0 aliphatic heterocycles. The van der Waals surface area contributed by atoms with E-state index in [2.05, 4.69) is 32.2 Å². The standard InChI is InChI=1S/C15H24N2O2/c1-15(2,3)11-7-5-6-8-13(11)19-10-9-12(17-4)14(16)18/h5-8,12,17H,9-10H2,1-4H3,(H2,16,18). The second kappa shape index (κ2) is 6.57. The van der Waals surface area contributed by atoms with Crippen LogP contribution in [0, 0.1) is 0 Å². The first-order valence-corrected chi connectivity index (χ1v) is 6.55. The van der Waals surface area contributed by atoms with Crippen molar-refractivity contribution in [2.24, 2.45) is 5.73 Å². The summed E-state index contributed by atoms with van der Waals surface area (Å²) in [5, 5.41) is 2.88. The molecule has 1 aromatic rings. The molecule has 0 aromatic heterocycles. The highest BCUT2D eigenvalue weighted by Gasteiger charge is 2.19. The molecule has 0 saturated heterocycles. The number of benzene rings is 1. The van der Waals surface area contributed by atoms with Gasteiger partial charge in [0.25, 0.3) is 0 Å². The lowest BCUT2D eigenvalue weighted by Crippen LogP contribution is -2.40. The predicted octanol–water partition coefficient (Wildman–Crippen LogP) is 1.83. The van der Waals surface area contributed by atoms with Crippen LogP contribution < -0.4 is 15.8 Å². The van der Waals surface area contributed by atoms with E-state index < -0.39 is 0 Å². The summed E-state index contributed by atoms with van der Waals surface area (Å²) in [5.74, 6) is 0.518. The second-order valence-corrected chi connectivity index (χ2v) is 5.63. The zero-order chi connectivity index (χ0) is 14.5. The number of primary amides is 1. The average Bonchev–Trinajstić information content (AvgIpc) is 2.33. The molecular formula is C15H24N2O2. The van der Waals surface area contributed by atoms with Crippen LogP contribution in [0.2, 0.25) is 0 Å². The Balaban J connectivity index is 2.66. The Morgan fingerprint density at radius 3 is 2.53 bits per heavy atom. The number of likely N-dealkylation sites (N-methyl/N-ethyl adjacent to an activating group) is 1. The first-order chi connectivity index (χ1) is 8.86. The molecule has 0 heterocycles. The minimum atomic E-state index is -0.352. The Labute approximate surface area is 115 Å². The topological polar surface area (TPSA) is 64.3 Å². The molecule has 0 spiro atoms. The van der Waals surface area contributed by atoms with E-state index in [4.69, 9.17) is 10.5 Å². The summed E-state index contributed by atoms with van der Waals surface area (Å²) in [6.45, 7) is 6.90. The fourth-order valence-electron chi connectivity index (χ4n) is 1.93. The van der Waals surface area contributed by atoms with Crippen molar-refractivity contribution in [3.05, 3.63) is 29.8 Å². The zero-order valence-electron chi connectivity index (χ0n) is 12.2. The summed E-state index contributed by atoms with van der Waals surface area (Å²) < 4.78 is 5.80. The summed E-state index contributed by atoms with van der Waals surface area (Å²) >= 11 is 0. The third-order valence-electron chi connectivity index (χ3n) is 3.05. The van der Waals surface area contributed by atoms with Gasteiger partial charge in [0.1, 0.15) is 5.75 Å². The van der Waals surface area contributed by atoms with Crippen LogP contribution in [-0.2, 0) is 10.2 Å². The minimum absolute atomic E-state index is 0.0304. The molecule has 0 aliphatic rings. The fourth-order valence-corrected chi connectivity index (χ4v) is 1.93. The number of para-hydroxylation sites is 1. The molecule has 4 nitrogen and oxygen atoms in total. The number of carbonyl (C=O) groups is 1. The van der Waals surface area contributed by atoms with E-state index in [-0.39, 0.29) is 17.4 Å². The molecule has 1 rings (SSSR count). The first kappa shape index (κ1) is 15.5. The van der Waals surface area contributed by atoms with Gasteiger partial charge in [-0.25, -0.2) is 0 Å². The molecule has 106 valence electrons. The summed E-state index contributed by atoms with van der Waals surface area (Å²) in [7, 11) is 1.72. The molecule has 3 N–H and O–H groups in total. The van der Waals surface area contributed by atoms with Gasteiger partial charge in [-0.3, -0.25) is 4.79 Å². The molecule has 1 amide bonds. The highest BCUT2D eigenvalue weighted by Crippen LogP contribution is 2.30. The van der Waals surface area contributed by atoms with E-state index in [1.807, 2.05) is 18.2 Å². The number of rotatable bonds is 6. The van der Waals surface area contributed by atoms with Crippen LogP contribution in [0.1, 0.15) is 32.8 Å². The van der Waals surface area contributed by atoms with Crippen LogP contribution in [0.3, 0.4) is 0 Å². The van der Waals surface area contributed by atoms with Gasteiger partial charge in [-0.15, -0.1) is 0 Å². The van der Waals surface area contributed by atoms with Crippen molar-refractivity contribution in [3.63, 3.8) is 0 Å². The van der Waals surface area contributed by atoms with E-state index in [1.54, 1.807) is 7.05 Å². The average molecular weight is 264 g/mol. The number of carbonyl (C=O) groups excluding carboxylic acids is 1. The molecule has 1 aromatic carbocycles. The van der Waals surface area contributed by atoms with Gasteiger partial charge in [-0.05, 0) is 24.1 Å². The molecule has 1 atom stereocenters. The minimum Gasteiger partial charge on any atom is -0.493 e. The van der Waals surface area contributed by atoms with Crippen molar-refractivity contribution in [1.82, 2.24) is 5.32 Å². The molecule has 0 aliphatic carbocycles. The number of nitrogens with one attached hydrogen (secondary N) is 1. The van der Waals surface area contributed by atoms with Crippen molar-refractivity contribution in [3.8, 4) is 5.75 Å². The maximum Gasteiger partial charge on any atom is 0.234 e. The van der Waals surface area contributed by atoms with Crippen molar-refractivity contribution < 1.29 is 9.53 Å². The highest BCUT2D eigenvalue weighted by atomic mass is 16.5. The monoisotopic (exact) mass is 264 g/mol. The van der Waals surface area contributed by atoms with E-state index in [1.165, 1.54) is 0 Å². The Hall–Kier alpha value is -1.55. The van der Waals surface area contributed by atoms with Gasteiger partial charge in [0.15, 0.2) is 0 Å². The number of hydrogen-bond acceptors (Lipinski definition) is 3. The van der Waals surface area contributed by atoms with Gasteiger partial charge in [0, 0.05) is 6.42 Å². The molecule has 0 radical (unpaired) electrons. The largest absolute Gasteiger partial charge is 0.493 e. The van der Waals surface area contributed by atoms with Crippen LogP contribution in [0.15, 0.2) is 24.3 Å². The molecular weight excluding hydrogens is 240 g/mol. The van der Waals surface area contributed by atoms with Crippen molar-refractivity contribution in [1.29, 1.82) is 0 Å². The van der Waals surface area contributed by atoms with E-state index in [0.717, 1.165) is 11.3 Å². The third kappa shape index (κ3) is 4.56. The molecule has 0 bridgehead atoms. The first-order valence-electron chi connectivity index (χ1n) is 6.55. The van der Waals surface area contributed by atoms with Gasteiger partial charge in [0.05, 0.1) is 12.6 Å². The Kier molecular flexibility index (Phi) is 5.36. The third-order valence-corrected chi connectivity index (χ3v) is 3.05. The maximum absolute atomic E-state index is 11.1. The van der Waals surface area contributed by atoms with Crippen LogP contribution in [0.25, 0.3) is 0 Å². The lowest BCUT2D eigenvalue weighted by Gasteiger charge is -2.23. The Bertz CT molecular complexity index is 424. The number of nitrogens with two attached hydrogens (primary N) is 1. The van der Waals surface area contributed by atoms with Crippen molar-refractivity contribution in [2.75, 3.05) is 13.7 Å². The summed E-state index contributed by atoms with van der Waals surface area (Å²) in [6.07, 6.45) is 0.560. The number of ether oxygens (including phenoxy) is 1. The zero-order valence-corrected chi connectivity index (χ0v) is 12.2. The van der Waals surface area contributed by atoms with Crippen LogP contribution >= 0.6 is 0 Å². The lowest BCUT2D eigenvalue weighted by atomic mass is 9.86. The summed E-state index contributed by atoms with van der Waals surface area (Å²) in [5.41, 5.74) is 6.46. The lowest BCUT2D eigenvalue weighted by molar-refractivity contribution is -0.120. The molecule has 0 saturated carbocycles. The Morgan fingerprint density at radius 1 is 1.37 bits per heavy atom. The summed E-state index contributed by atoms with van der Waals surface area (Å²) in [6, 6.07) is 7.64. The van der Waals surface area contributed by atoms with E-state index in [9.17, 15) is 4.79 Å². The van der Waals surface area contributed by atoms with E-state index >= 15 is 0 Å². The van der Waals surface area contributed by atoms with Gasteiger partial charge < -0.3 is 15.8 Å². The smallest absolute Gasteiger partial charge is 0.234 e. The SMILES string of the molecule is CNC(CCOc1ccccc1C(C)(C)C)C(N)=O. The molecule has 19 heavy (non-hydrogen) atoms. The highest BCUT2D eigenvalue weighted by molar-refractivity contribution is 5.79. The normalized spacial score (nSPS) is 13.1. The van der Waals surface area contributed by atoms with Crippen LogP contribution in [-0.4, -0.2) is 25.6 Å². The number of amides is 1. The summed E-state index contributed by atoms with van der Waals surface area (Å²) in [4.78, 5) is 11.1. The Morgan fingerprint density at radius 2 is 2.00 bits per heavy atom. The quantitative estimate of drug-likeness (QED) is 0.824. The van der Waals surface area contributed by atoms with Crippen molar-refractivity contribution in [2.45, 2.75) is 38.6 Å². The fraction of sp³-hybridized carbons (Fsp3) is 0.533. The predicted molar refractivity (Wildman–Crippen MR) is 77.3 cm³/mol. The molecule has 4 heteroatoms. The maximum atomic E-state index is 11.1. The molecule has 1 unspecified atom stereocenters.